The van der Waals surface area contributed by atoms with Gasteiger partial charge in [0.25, 0.3) is 0 Å². The summed E-state index contributed by atoms with van der Waals surface area (Å²) in [6.07, 6.45) is 2.38. The number of sulfonamides is 1. The van der Waals surface area contributed by atoms with E-state index < -0.39 is 10.0 Å². The first kappa shape index (κ1) is 22.6. The van der Waals surface area contributed by atoms with Gasteiger partial charge in [0.2, 0.25) is 10.0 Å². The number of ether oxygens (including phenoxy) is 2. The van der Waals surface area contributed by atoms with Crippen LogP contribution in [0.2, 0.25) is 0 Å². The average molecular weight is 428 g/mol. The molecular formula is C18H29N5O5S. The summed E-state index contributed by atoms with van der Waals surface area (Å²) in [7, 11) is -3.30. The van der Waals surface area contributed by atoms with Crippen molar-refractivity contribution in [3.63, 3.8) is 0 Å². The maximum Gasteiger partial charge on any atom is 0.409 e. The molecule has 1 fully saturated rings. The van der Waals surface area contributed by atoms with E-state index in [4.69, 9.17) is 15.2 Å². The van der Waals surface area contributed by atoms with E-state index in [-0.39, 0.29) is 12.1 Å². The number of carbonyl (C=O) groups excluding carboxylic acids is 1. The Hall–Kier alpha value is -2.69. The molecule has 0 bridgehead atoms. The monoisotopic (exact) mass is 427 g/mol. The van der Waals surface area contributed by atoms with Crippen LogP contribution >= 0.6 is 0 Å². The van der Waals surface area contributed by atoms with Crippen molar-refractivity contribution < 1.29 is 22.7 Å². The molecule has 11 heteroatoms. The Labute approximate surface area is 171 Å². The van der Waals surface area contributed by atoms with Crippen LogP contribution in [0.25, 0.3) is 0 Å². The van der Waals surface area contributed by atoms with E-state index in [2.05, 4.69) is 15.0 Å². The number of amides is 1. The number of hydrogen-bond acceptors (Lipinski definition) is 6. The van der Waals surface area contributed by atoms with Crippen LogP contribution in [-0.4, -0.2) is 70.5 Å². The summed E-state index contributed by atoms with van der Waals surface area (Å²) in [5.74, 6) is 0.952. The molecule has 0 radical (unpaired) electrons. The first-order valence-corrected chi connectivity index (χ1v) is 11.3. The van der Waals surface area contributed by atoms with Crippen molar-refractivity contribution in [3.05, 3.63) is 24.3 Å². The van der Waals surface area contributed by atoms with Crippen LogP contribution in [0.4, 0.5) is 10.5 Å². The number of benzene rings is 1. The smallest absolute Gasteiger partial charge is 0.409 e. The molecule has 0 unspecified atom stereocenters. The topological polar surface area (TPSA) is 135 Å². The molecule has 2 rings (SSSR count). The summed E-state index contributed by atoms with van der Waals surface area (Å²) in [6, 6.07) is 6.77. The highest BCUT2D eigenvalue weighted by atomic mass is 32.2. The Morgan fingerprint density at radius 1 is 1.28 bits per heavy atom. The van der Waals surface area contributed by atoms with Crippen molar-refractivity contribution in [3.8, 4) is 5.75 Å². The number of anilines is 1. The second-order valence-electron chi connectivity index (χ2n) is 6.62. The van der Waals surface area contributed by atoms with Gasteiger partial charge in [-0.1, -0.05) is 0 Å². The van der Waals surface area contributed by atoms with E-state index in [0.717, 1.165) is 19.1 Å². The lowest BCUT2D eigenvalue weighted by Crippen LogP contribution is -2.48. The summed E-state index contributed by atoms with van der Waals surface area (Å²) in [6.45, 7) is 4.12. The molecule has 1 amide bonds. The van der Waals surface area contributed by atoms with Crippen LogP contribution in [0.1, 0.15) is 19.8 Å². The van der Waals surface area contributed by atoms with Crippen molar-refractivity contribution in [1.82, 2.24) is 10.2 Å². The molecular weight excluding hydrogens is 398 g/mol. The van der Waals surface area contributed by atoms with Gasteiger partial charge in [-0.2, -0.15) is 0 Å². The number of piperidine rings is 1. The van der Waals surface area contributed by atoms with E-state index >= 15 is 0 Å². The largest absolute Gasteiger partial charge is 0.492 e. The summed E-state index contributed by atoms with van der Waals surface area (Å²) in [5.41, 5.74) is 6.39. The molecule has 4 N–H and O–H groups in total. The molecule has 29 heavy (non-hydrogen) atoms. The molecule has 1 saturated heterocycles. The summed E-state index contributed by atoms with van der Waals surface area (Å²) in [5, 5.41) is 3.17. The minimum absolute atomic E-state index is 0.167. The molecule has 0 saturated carbocycles. The quantitative estimate of drug-likeness (QED) is 0.319. The van der Waals surface area contributed by atoms with E-state index in [1.54, 1.807) is 36.1 Å². The number of aliphatic imine (C=N–C) groups is 1. The van der Waals surface area contributed by atoms with E-state index in [9.17, 15) is 13.2 Å². The highest BCUT2D eigenvalue weighted by molar-refractivity contribution is 7.92. The van der Waals surface area contributed by atoms with Crippen molar-refractivity contribution in [1.29, 1.82) is 0 Å². The van der Waals surface area contributed by atoms with Crippen molar-refractivity contribution in [2.75, 3.05) is 43.8 Å². The first-order chi connectivity index (χ1) is 13.8. The van der Waals surface area contributed by atoms with Crippen molar-refractivity contribution >= 4 is 27.8 Å². The summed E-state index contributed by atoms with van der Waals surface area (Å²) in [4.78, 5) is 17.6. The fourth-order valence-corrected chi connectivity index (χ4v) is 3.40. The third kappa shape index (κ3) is 8.46. The molecule has 10 nitrogen and oxygen atoms in total. The standard InChI is InChI=1S/C18H29N5O5S/c1-3-27-18(24)23-11-8-14(9-12-23)21-17(19)20-10-13-28-16-6-4-15(5-7-16)22-29(2,25)26/h4-7,14,22H,3,8-13H2,1-2H3,(H3,19,20,21). The molecule has 162 valence electrons. The molecule has 1 aliphatic heterocycles. The van der Waals surface area contributed by atoms with Crippen molar-refractivity contribution in [2.45, 2.75) is 25.8 Å². The van der Waals surface area contributed by atoms with Gasteiger partial charge in [-0.15, -0.1) is 0 Å². The van der Waals surface area contributed by atoms with Crippen LogP contribution in [0, 0.1) is 0 Å². The van der Waals surface area contributed by atoms with Gasteiger partial charge in [0.1, 0.15) is 12.4 Å². The number of carbonyl (C=O) groups is 1. The lowest BCUT2D eigenvalue weighted by atomic mass is 10.1. The number of nitrogens with two attached hydrogens (primary N) is 1. The fraction of sp³-hybridized carbons (Fsp3) is 0.556. The minimum Gasteiger partial charge on any atom is -0.492 e. The zero-order valence-electron chi connectivity index (χ0n) is 16.8. The Morgan fingerprint density at radius 3 is 2.52 bits per heavy atom. The number of nitrogens with one attached hydrogen (secondary N) is 2. The zero-order valence-corrected chi connectivity index (χ0v) is 17.6. The fourth-order valence-electron chi connectivity index (χ4n) is 2.84. The third-order valence-corrected chi connectivity index (χ3v) is 4.78. The van der Waals surface area contributed by atoms with Gasteiger partial charge < -0.3 is 25.4 Å². The predicted molar refractivity (Wildman–Crippen MR) is 112 cm³/mol. The van der Waals surface area contributed by atoms with Crippen molar-refractivity contribution in [2.24, 2.45) is 10.7 Å². The lowest BCUT2D eigenvalue weighted by Gasteiger charge is -2.31. The third-order valence-electron chi connectivity index (χ3n) is 4.17. The Balaban J connectivity index is 1.67. The zero-order chi connectivity index (χ0) is 21.3. The van der Waals surface area contributed by atoms with Crippen LogP contribution in [0.5, 0.6) is 5.75 Å². The summed E-state index contributed by atoms with van der Waals surface area (Å²) >= 11 is 0. The molecule has 1 aliphatic rings. The van der Waals surface area contributed by atoms with Gasteiger partial charge in [0, 0.05) is 24.8 Å². The van der Waals surface area contributed by atoms with Crippen LogP contribution < -0.4 is 20.5 Å². The second kappa shape index (κ2) is 10.7. The molecule has 1 aromatic carbocycles. The van der Waals surface area contributed by atoms with Gasteiger partial charge >= 0.3 is 6.09 Å². The Morgan fingerprint density at radius 2 is 1.93 bits per heavy atom. The normalized spacial score (nSPS) is 15.7. The minimum atomic E-state index is -3.30. The highest BCUT2D eigenvalue weighted by Crippen LogP contribution is 2.16. The van der Waals surface area contributed by atoms with Crippen LogP contribution in [0.3, 0.4) is 0 Å². The molecule has 0 atom stereocenters. The maximum atomic E-state index is 11.7. The maximum absolute atomic E-state index is 11.7. The van der Waals surface area contributed by atoms with E-state index in [1.807, 2.05) is 0 Å². The van der Waals surface area contributed by atoms with Gasteiger partial charge in [-0.05, 0) is 44.0 Å². The molecule has 1 aromatic rings. The van der Waals surface area contributed by atoms with E-state index in [1.165, 1.54) is 0 Å². The van der Waals surface area contributed by atoms with Gasteiger partial charge in [0.05, 0.1) is 19.4 Å². The number of rotatable bonds is 8. The SMILES string of the molecule is CCOC(=O)N1CCC(NC(N)=NCCOc2ccc(NS(C)(=O)=O)cc2)CC1. The molecule has 1 heterocycles. The summed E-state index contributed by atoms with van der Waals surface area (Å²) < 4.78 is 35.3. The van der Waals surface area contributed by atoms with Gasteiger partial charge in [0.15, 0.2) is 5.96 Å². The molecule has 0 aliphatic carbocycles. The van der Waals surface area contributed by atoms with Crippen LogP contribution in [0.15, 0.2) is 29.3 Å². The molecule has 0 aromatic heterocycles. The average Bonchev–Trinajstić information content (AvgIpc) is 2.66. The van der Waals surface area contributed by atoms with Crippen LogP contribution in [-0.2, 0) is 14.8 Å². The second-order valence-corrected chi connectivity index (χ2v) is 8.37. The first-order valence-electron chi connectivity index (χ1n) is 9.45. The number of likely N-dealkylation sites (tertiary alicyclic amines) is 1. The number of guanidine groups is 1. The number of hydrogen-bond donors (Lipinski definition) is 3. The van der Waals surface area contributed by atoms with Gasteiger partial charge in [-0.25, -0.2) is 18.2 Å². The van der Waals surface area contributed by atoms with Gasteiger partial charge in [-0.3, -0.25) is 4.72 Å². The van der Waals surface area contributed by atoms with E-state index in [0.29, 0.717) is 50.2 Å². The Bertz CT molecular complexity index is 789. The lowest BCUT2D eigenvalue weighted by molar-refractivity contribution is 0.0963. The predicted octanol–water partition coefficient (Wildman–Crippen LogP) is 0.962. The highest BCUT2D eigenvalue weighted by Gasteiger charge is 2.23. The number of nitrogens with zero attached hydrogens (tertiary/aromatic N) is 2. The molecule has 0 spiro atoms. The Kier molecular flexibility index (Phi) is 8.37.